The minimum Gasteiger partial charge on any atom is -0.396 e. The van der Waals surface area contributed by atoms with Crippen molar-refractivity contribution in [2.75, 3.05) is 13.2 Å². The number of unbranched alkanes of at least 4 members (excludes halogenated alkanes) is 1. The SMILES string of the molecule is O=C(CCCCO)NCC1CCCCC1. The maximum atomic E-state index is 11.4. The Kier molecular flexibility index (Phi) is 6.41. The molecular weight excluding hydrogens is 190 g/mol. The van der Waals surface area contributed by atoms with Crippen LogP contribution in [-0.4, -0.2) is 24.2 Å². The van der Waals surface area contributed by atoms with E-state index in [1.807, 2.05) is 0 Å². The van der Waals surface area contributed by atoms with Crippen molar-refractivity contribution in [3.63, 3.8) is 0 Å². The average molecular weight is 213 g/mol. The van der Waals surface area contributed by atoms with Gasteiger partial charge in [-0.3, -0.25) is 4.79 Å². The van der Waals surface area contributed by atoms with Crippen LogP contribution in [0.1, 0.15) is 51.4 Å². The van der Waals surface area contributed by atoms with Gasteiger partial charge in [0.15, 0.2) is 0 Å². The normalized spacial score (nSPS) is 17.7. The molecule has 0 aromatic rings. The van der Waals surface area contributed by atoms with E-state index in [4.69, 9.17) is 5.11 Å². The Balaban J connectivity index is 2.00. The summed E-state index contributed by atoms with van der Waals surface area (Å²) in [5, 5.41) is 11.6. The fourth-order valence-electron chi connectivity index (χ4n) is 2.14. The van der Waals surface area contributed by atoms with Crippen LogP contribution in [0.2, 0.25) is 0 Å². The standard InChI is InChI=1S/C12H23NO2/c14-9-5-4-8-12(15)13-10-11-6-2-1-3-7-11/h11,14H,1-10H2,(H,13,15). The van der Waals surface area contributed by atoms with Crippen LogP contribution in [0, 0.1) is 5.92 Å². The third kappa shape index (κ3) is 5.78. The number of amides is 1. The smallest absolute Gasteiger partial charge is 0.220 e. The average Bonchev–Trinajstić information content (AvgIpc) is 2.28. The van der Waals surface area contributed by atoms with Crippen LogP contribution in [0.4, 0.5) is 0 Å². The summed E-state index contributed by atoms with van der Waals surface area (Å²) in [4.78, 5) is 11.4. The lowest BCUT2D eigenvalue weighted by Crippen LogP contribution is -2.30. The lowest BCUT2D eigenvalue weighted by atomic mass is 9.89. The number of hydrogen-bond acceptors (Lipinski definition) is 2. The Hall–Kier alpha value is -0.570. The first kappa shape index (κ1) is 12.5. The highest BCUT2D eigenvalue weighted by Crippen LogP contribution is 2.22. The second-order valence-electron chi connectivity index (χ2n) is 4.49. The van der Waals surface area contributed by atoms with Crippen molar-refractivity contribution in [3.8, 4) is 0 Å². The predicted molar refractivity (Wildman–Crippen MR) is 60.5 cm³/mol. The van der Waals surface area contributed by atoms with E-state index in [1.54, 1.807) is 0 Å². The van der Waals surface area contributed by atoms with Gasteiger partial charge in [0.2, 0.25) is 5.91 Å². The van der Waals surface area contributed by atoms with Gasteiger partial charge in [0.1, 0.15) is 0 Å². The number of hydrogen-bond donors (Lipinski definition) is 2. The monoisotopic (exact) mass is 213 g/mol. The molecule has 1 amide bonds. The molecule has 0 radical (unpaired) electrons. The van der Waals surface area contributed by atoms with Gasteiger partial charge in [0, 0.05) is 19.6 Å². The quantitative estimate of drug-likeness (QED) is 0.661. The summed E-state index contributed by atoms with van der Waals surface area (Å²) in [6, 6.07) is 0. The molecule has 0 aromatic heterocycles. The third-order valence-electron chi connectivity index (χ3n) is 3.12. The zero-order chi connectivity index (χ0) is 10.9. The fourth-order valence-corrected chi connectivity index (χ4v) is 2.14. The third-order valence-corrected chi connectivity index (χ3v) is 3.12. The molecule has 0 aromatic carbocycles. The largest absolute Gasteiger partial charge is 0.396 e. The van der Waals surface area contributed by atoms with Crippen LogP contribution in [0.15, 0.2) is 0 Å². The second-order valence-corrected chi connectivity index (χ2v) is 4.49. The first-order valence-electron chi connectivity index (χ1n) is 6.20. The molecule has 15 heavy (non-hydrogen) atoms. The van der Waals surface area contributed by atoms with E-state index in [1.165, 1.54) is 32.1 Å². The van der Waals surface area contributed by atoms with Gasteiger partial charge >= 0.3 is 0 Å². The first-order valence-corrected chi connectivity index (χ1v) is 6.20. The van der Waals surface area contributed by atoms with E-state index in [2.05, 4.69) is 5.32 Å². The molecule has 0 spiro atoms. The number of aliphatic hydroxyl groups excluding tert-OH is 1. The fraction of sp³-hybridized carbons (Fsp3) is 0.917. The maximum Gasteiger partial charge on any atom is 0.220 e. The van der Waals surface area contributed by atoms with Gasteiger partial charge < -0.3 is 10.4 Å². The van der Waals surface area contributed by atoms with Gasteiger partial charge in [-0.05, 0) is 31.6 Å². The Morgan fingerprint density at radius 1 is 1.20 bits per heavy atom. The van der Waals surface area contributed by atoms with E-state index in [-0.39, 0.29) is 12.5 Å². The molecule has 0 heterocycles. The van der Waals surface area contributed by atoms with E-state index in [9.17, 15) is 4.79 Å². The molecule has 1 fully saturated rings. The highest BCUT2D eigenvalue weighted by Gasteiger charge is 2.13. The molecule has 2 N–H and O–H groups in total. The zero-order valence-corrected chi connectivity index (χ0v) is 9.50. The van der Waals surface area contributed by atoms with Crippen molar-refractivity contribution in [2.45, 2.75) is 51.4 Å². The lowest BCUT2D eigenvalue weighted by Gasteiger charge is -2.21. The summed E-state index contributed by atoms with van der Waals surface area (Å²) in [7, 11) is 0. The summed E-state index contributed by atoms with van der Waals surface area (Å²) in [5.74, 6) is 0.856. The molecule has 3 nitrogen and oxygen atoms in total. The molecule has 1 rings (SSSR count). The minimum absolute atomic E-state index is 0.147. The molecule has 88 valence electrons. The van der Waals surface area contributed by atoms with Crippen molar-refractivity contribution in [2.24, 2.45) is 5.92 Å². The number of carbonyl (C=O) groups is 1. The highest BCUT2D eigenvalue weighted by atomic mass is 16.2. The summed E-state index contributed by atoms with van der Waals surface area (Å²) in [6.45, 7) is 1.05. The van der Waals surface area contributed by atoms with Crippen molar-refractivity contribution in [1.82, 2.24) is 5.32 Å². The van der Waals surface area contributed by atoms with Crippen molar-refractivity contribution in [3.05, 3.63) is 0 Å². The van der Waals surface area contributed by atoms with Gasteiger partial charge in [-0.25, -0.2) is 0 Å². The maximum absolute atomic E-state index is 11.4. The van der Waals surface area contributed by atoms with Gasteiger partial charge in [0.25, 0.3) is 0 Å². The molecule has 1 saturated carbocycles. The van der Waals surface area contributed by atoms with Crippen LogP contribution >= 0.6 is 0 Å². The van der Waals surface area contributed by atoms with Gasteiger partial charge in [-0.15, -0.1) is 0 Å². The first-order chi connectivity index (χ1) is 7.33. The Morgan fingerprint density at radius 2 is 1.93 bits per heavy atom. The van der Waals surface area contributed by atoms with Gasteiger partial charge in [-0.1, -0.05) is 19.3 Å². The molecule has 0 bridgehead atoms. The van der Waals surface area contributed by atoms with E-state index in [0.29, 0.717) is 12.3 Å². The van der Waals surface area contributed by atoms with Crippen LogP contribution in [0.25, 0.3) is 0 Å². The van der Waals surface area contributed by atoms with Crippen LogP contribution in [0.5, 0.6) is 0 Å². The number of rotatable bonds is 6. The summed E-state index contributed by atoms with van der Waals surface area (Å²) >= 11 is 0. The topological polar surface area (TPSA) is 49.3 Å². The molecule has 0 unspecified atom stereocenters. The van der Waals surface area contributed by atoms with E-state index in [0.717, 1.165) is 19.4 Å². The van der Waals surface area contributed by atoms with Gasteiger partial charge in [0.05, 0.1) is 0 Å². The lowest BCUT2D eigenvalue weighted by molar-refractivity contribution is -0.121. The molecule has 3 heteroatoms. The van der Waals surface area contributed by atoms with Gasteiger partial charge in [-0.2, -0.15) is 0 Å². The highest BCUT2D eigenvalue weighted by molar-refractivity contribution is 5.75. The molecule has 0 aliphatic heterocycles. The second kappa shape index (κ2) is 7.69. The van der Waals surface area contributed by atoms with Crippen LogP contribution in [-0.2, 0) is 4.79 Å². The summed E-state index contributed by atoms with van der Waals surface area (Å²) < 4.78 is 0. The Bertz CT molecular complexity index is 176. The Labute approximate surface area is 92.3 Å². The molecule has 0 saturated heterocycles. The van der Waals surface area contributed by atoms with Crippen molar-refractivity contribution < 1.29 is 9.90 Å². The molecular formula is C12H23NO2. The summed E-state index contributed by atoms with van der Waals surface area (Å²) in [6.07, 6.45) is 8.65. The summed E-state index contributed by atoms with van der Waals surface area (Å²) in [5.41, 5.74) is 0. The molecule has 1 aliphatic carbocycles. The molecule has 0 atom stereocenters. The number of aliphatic hydroxyl groups is 1. The minimum atomic E-state index is 0.147. The molecule has 1 aliphatic rings. The zero-order valence-electron chi connectivity index (χ0n) is 9.50. The number of nitrogens with one attached hydrogen (secondary N) is 1. The predicted octanol–water partition coefficient (Wildman–Crippen LogP) is 1.85. The van der Waals surface area contributed by atoms with Crippen LogP contribution in [0.3, 0.4) is 0 Å². The van der Waals surface area contributed by atoms with Crippen molar-refractivity contribution in [1.29, 1.82) is 0 Å². The van der Waals surface area contributed by atoms with Crippen LogP contribution < -0.4 is 5.32 Å². The van der Waals surface area contributed by atoms with E-state index < -0.39 is 0 Å². The number of carbonyl (C=O) groups excluding carboxylic acids is 1. The Morgan fingerprint density at radius 3 is 2.60 bits per heavy atom. The van der Waals surface area contributed by atoms with Crippen molar-refractivity contribution >= 4 is 5.91 Å². The van der Waals surface area contributed by atoms with E-state index >= 15 is 0 Å².